The highest BCUT2D eigenvalue weighted by molar-refractivity contribution is 9.10. The first kappa shape index (κ1) is 18.9. The van der Waals surface area contributed by atoms with Crippen LogP contribution in [0.5, 0.6) is 5.75 Å². The monoisotopic (exact) mass is 415 g/mol. The molecule has 0 aliphatic rings. The van der Waals surface area contributed by atoms with Gasteiger partial charge < -0.3 is 4.74 Å². The van der Waals surface area contributed by atoms with Crippen LogP contribution in [0.25, 0.3) is 10.8 Å². The number of fused-ring (bicyclic) bond motifs is 1. The van der Waals surface area contributed by atoms with Gasteiger partial charge in [-0.15, -0.1) is 0 Å². The third-order valence-electron chi connectivity index (χ3n) is 4.63. The van der Waals surface area contributed by atoms with Gasteiger partial charge in [-0.3, -0.25) is 4.90 Å². The van der Waals surface area contributed by atoms with Crippen LogP contribution in [0.3, 0.4) is 0 Å². The van der Waals surface area contributed by atoms with Crippen molar-refractivity contribution < 1.29 is 9.13 Å². The summed E-state index contributed by atoms with van der Waals surface area (Å²) in [6.07, 6.45) is 0. The van der Waals surface area contributed by atoms with Crippen molar-refractivity contribution >= 4 is 26.7 Å². The minimum absolute atomic E-state index is 0.261. The highest BCUT2D eigenvalue weighted by Gasteiger charge is 2.15. The van der Waals surface area contributed by atoms with Crippen LogP contribution >= 0.6 is 15.9 Å². The normalized spacial score (nSPS) is 11.3. The fourth-order valence-electron chi connectivity index (χ4n) is 3.07. The minimum Gasteiger partial charge on any atom is -0.488 e. The Morgan fingerprint density at radius 2 is 1.62 bits per heavy atom. The van der Waals surface area contributed by atoms with Crippen molar-refractivity contribution in [1.29, 1.82) is 0 Å². The van der Waals surface area contributed by atoms with E-state index in [1.54, 1.807) is 0 Å². The molecule has 3 aromatic rings. The van der Waals surface area contributed by atoms with Gasteiger partial charge in [-0.05, 0) is 46.7 Å². The first-order chi connectivity index (χ1) is 12.6. The zero-order valence-electron chi connectivity index (χ0n) is 15.1. The maximum Gasteiger partial charge on any atom is 0.138 e. The fraction of sp³-hybridized carbons (Fsp3) is 0.273. The fourth-order valence-corrected chi connectivity index (χ4v) is 3.55. The molecule has 0 saturated heterocycles. The Balaban J connectivity index is 2.03. The highest BCUT2D eigenvalue weighted by Crippen LogP contribution is 2.36. The SMILES string of the molecule is CCN(CC)Cc1ccc2c(Br)c(F)ccc2c1OCc1ccccc1. The number of halogens is 2. The number of rotatable bonds is 7. The van der Waals surface area contributed by atoms with Gasteiger partial charge in [-0.25, -0.2) is 4.39 Å². The summed E-state index contributed by atoms with van der Waals surface area (Å²) in [4.78, 5) is 2.34. The van der Waals surface area contributed by atoms with E-state index in [0.29, 0.717) is 11.1 Å². The van der Waals surface area contributed by atoms with Gasteiger partial charge in [0.05, 0.1) is 4.47 Å². The summed E-state index contributed by atoms with van der Waals surface area (Å²) < 4.78 is 20.7. The van der Waals surface area contributed by atoms with E-state index in [2.05, 4.69) is 34.7 Å². The average molecular weight is 416 g/mol. The molecule has 136 valence electrons. The Hall–Kier alpha value is -1.91. The standard InChI is InChI=1S/C22H23BrFNO/c1-3-25(4-2)14-17-10-11-18-19(12-13-20(24)21(18)23)22(17)26-15-16-8-6-5-7-9-16/h5-13H,3-4,14-15H2,1-2H3. The Morgan fingerprint density at radius 3 is 2.31 bits per heavy atom. The molecule has 0 fully saturated rings. The van der Waals surface area contributed by atoms with Crippen LogP contribution in [-0.4, -0.2) is 18.0 Å². The maximum atomic E-state index is 14.0. The molecule has 4 heteroatoms. The summed E-state index contributed by atoms with van der Waals surface area (Å²) in [6, 6.07) is 17.4. The van der Waals surface area contributed by atoms with Crippen molar-refractivity contribution in [2.24, 2.45) is 0 Å². The second-order valence-corrected chi connectivity index (χ2v) is 7.04. The van der Waals surface area contributed by atoms with E-state index in [-0.39, 0.29) is 5.82 Å². The summed E-state index contributed by atoms with van der Waals surface area (Å²) in [5.41, 5.74) is 2.23. The predicted octanol–water partition coefficient (Wildman–Crippen LogP) is 6.16. The lowest BCUT2D eigenvalue weighted by Gasteiger charge is -2.21. The molecule has 0 spiro atoms. The predicted molar refractivity (Wildman–Crippen MR) is 109 cm³/mol. The quantitative estimate of drug-likeness (QED) is 0.457. The van der Waals surface area contributed by atoms with Crippen molar-refractivity contribution in [3.63, 3.8) is 0 Å². The lowest BCUT2D eigenvalue weighted by molar-refractivity contribution is 0.274. The van der Waals surface area contributed by atoms with Crippen LogP contribution < -0.4 is 4.74 Å². The zero-order chi connectivity index (χ0) is 18.5. The molecule has 0 unspecified atom stereocenters. The summed E-state index contributed by atoms with van der Waals surface area (Å²) in [5.74, 6) is 0.571. The molecule has 0 saturated carbocycles. The Bertz CT molecular complexity index is 878. The van der Waals surface area contributed by atoms with E-state index in [1.165, 1.54) is 6.07 Å². The van der Waals surface area contributed by atoms with Crippen LogP contribution in [0, 0.1) is 5.82 Å². The molecular formula is C22H23BrFNO. The van der Waals surface area contributed by atoms with Gasteiger partial charge in [0.2, 0.25) is 0 Å². The van der Waals surface area contributed by atoms with Crippen molar-refractivity contribution in [3.8, 4) is 5.75 Å². The molecule has 2 nitrogen and oxygen atoms in total. The van der Waals surface area contributed by atoms with E-state index in [4.69, 9.17) is 4.74 Å². The van der Waals surface area contributed by atoms with Crippen LogP contribution in [0.15, 0.2) is 59.1 Å². The van der Waals surface area contributed by atoms with E-state index < -0.39 is 0 Å². The van der Waals surface area contributed by atoms with Crippen molar-refractivity contribution in [2.75, 3.05) is 13.1 Å². The second-order valence-electron chi connectivity index (χ2n) is 6.25. The molecule has 0 heterocycles. The first-order valence-corrected chi connectivity index (χ1v) is 9.72. The topological polar surface area (TPSA) is 12.5 Å². The Morgan fingerprint density at radius 1 is 0.923 bits per heavy atom. The summed E-state index contributed by atoms with van der Waals surface area (Å²) >= 11 is 3.37. The van der Waals surface area contributed by atoms with Gasteiger partial charge in [0.15, 0.2) is 0 Å². The first-order valence-electron chi connectivity index (χ1n) is 8.92. The molecule has 0 bridgehead atoms. The molecular weight excluding hydrogens is 393 g/mol. The number of ether oxygens (including phenoxy) is 1. The summed E-state index contributed by atoms with van der Waals surface area (Å²) in [5, 5.41) is 1.76. The highest BCUT2D eigenvalue weighted by atomic mass is 79.9. The van der Waals surface area contributed by atoms with Crippen LogP contribution in [-0.2, 0) is 13.2 Å². The lowest BCUT2D eigenvalue weighted by atomic mass is 10.0. The zero-order valence-corrected chi connectivity index (χ0v) is 16.7. The van der Waals surface area contributed by atoms with Gasteiger partial charge in [-0.2, -0.15) is 0 Å². The largest absolute Gasteiger partial charge is 0.488 e. The van der Waals surface area contributed by atoms with E-state index in [1.807, 2.05) is 48.5 Å². The third kappa shape index (κ3) is 4.08. The Kier molecular flexibility index (Phi) is 6.28. The van der Waals surface area contributed by atoms with E-state index in [9.17, 15) is 4.39 Å². The molecule has 0 atom stereocenters. The number of benzene rings is 3. The van der Waals surface area contributed by atoms with Crippen LogP contribution in [0.4, 0.5) is 4.39 Å². The van der Waals surface area contributed by atoms with Gasteiger partial charge in [0.25, 0.3) is 0 Å². The summed E-state index contributed by atoms with van der Waals surface area (Å²) in [6.45, 7) is 7.55. The molecule has 3 rings (SSSR count). The maximum absolute atomic E-state index is 14.0. The van der Waals surface area contributed by atoms with E-state index >= 15 is 0 Å². The van der Waals surface area contributed by atoms with Gasteiger partial charge in [-0.1, -0.05) is 56.3 Å². The smallest absolute Gasteiger partial charge is 0.138 e. The molecule has 26 heavy (non-hydrogen) atoms. The molecule has 0 N–H and O–H groups in total. The lowest BCUT2D eigenvalue weighted by Crippen LogP contribution is -2.22. The average Bonchev–Trinajstić information content (AvgIpc) is 2.68. The molecule has 0 aromatic heterocycles. The molecule has 0 aliphatic carbocycles. The van der Waals surface area contributed by atoms with Crippen molar-refractivity contribution in [1.82, 2.24) is 4.90 Å². The van der Waals surface area contributed by atoms with Crippen LogP contribution in [0.1, 0.15) is 25.0 Å². The molecule has 0 amide bonds. The summed E-state index contributed by atoms with van der Waals surface area (Å²) in [7, 11) is 0. The van der Waals surface area contributed by atoms with Crippen molar-refractivity contribution in [2.45, 2.75) is 27.0 Å². The van der Waals surface area contributed by atoms with Crippen molar-refractivity contribution in [3.05, 3.63) is 76.0 Å². The van der Waals surface area contributed by atoms with E-state index in [0.717, 1.165) is 47.3 Å². The second kappa shape index (κ2) is 8.65. The molecule has 3 aromatic carbocycles. The molecule has 0 radical (unpaired) electrons. The third-order valence-corrected chi connectivity index (χ3v) is 5.44. The van der Waals surface area contributed by atoms with Gasteiger partial charge >= 0.3 is 0 Å². The van der Waals surface area contributed by atoms with Gasteiger partial charge in [0.1, 0.15) is 18.2 Å². The number of nitrogens with zero attached hydrogens (tertiary/aromatic N) is 1. The van der Waals surface area contributed by atoms with Crippen LogP contribution in [0.2, 0.25) is 0 Å². The minimum atomic E-state index is -0.261. The Labute approximate surface area is 162 Å². The van der Waals surface area contributed by atoms with Gasteiger partial charge in [0, 0.05) is 22.9 Å². The number of hydrogen-bond acceptors (Lipinski definition) is 2. The molecule has 0 aliphatic heterocycles. The number of hydrogen-bond donors (Lipinski definition) is 0.